The van der Waals surface area contributed by atoms with Crippen molar-refractivity contribution >= 4 is 15.9 Å². The molecular weight excluding hydrogens is 254 g/mol. The number of benzene rings is 1. The molecule has 0 aliphatic carbocycles. The minimum atomic E-state index is 0.323. The molecule has 0 aromatic heterocycles. The van der Waals surface area contributed by atoms with E-state index in [0.717, 1.165) is 11.0 Å². The maximum atomic E-state index is 9.30. The van der Waals surface area contributed by atoms with Crippen LogP contribution in [0.3, 0.4) is 0 Å². The first-order valence-corrected chi connectivity index (χ1v) is 6.25. The molecule has 0 radical (unpaired) electrons. The van der Waals surface area contributed by atoms with Crippen LogP contribution in [0.4, 0.5) is 0 Å². The maximum Gasteiger partial charge on any atom is 0.116 e. The number of rotatable bonds is 2. The Morgan fingerprint density at radius 3 is 2.60 bits per heavy atom. The molecule has 1 fully saturated rings. The van der Waals surface area contributed by atoms with Crippen molar-refractivity contribution in [3.63, 3.8) is 0 Å². The molecule has 1 aromatic rings. The average molecular weight is 270 g/mol. The maximum absolute atomic E-state index is 9.30. The smallest absolute Gasteiger partial charge is 0.116 e. The van der Waals surface area contributed by atoms with Gasteiger partial charge >= 0.3 is 0 Å². The van der Waals surface area contributed by atoms with Crippen molar-refractivity contribution in [1.82, 2.24) is 4.90 Å². The highest BCUT2D eigenvalue weighted by molar-refractivity contribution is 9.10. The summed E-state index contributed by atoms with van der Waals surface area (Å²) in [4.78, 5) is 2.47. The van der Waals surface area contributed by atoms with Gasteiger partial charge in [-0.1, -0.05) is 28.4 Å². The highest BCUT2D eigenvalue weighted by Crippen LogP contribution is 2.24. The highest BCUT2D eigenvalue weighted by atomic mass is 79.9. The van der Waals surface area contributed by atoms with Crippen LogP contribution in [0, 0.1) is 0 Å². The molecule has 1 aliphatic rings. The van der Waals surface area contributed by atoms with Gasteiger partial charge in [0.25, 0.3) is 0 Å². The Labute approximate surface area is 99.0 Å². The van der Waals surface area contributed by atoms with Crippen LogP contribution >= 0.6 is 15.9 Å². The molecule has 1 aliphatic heterocycles. The number of hydrogen-bond donors (Lipinski definition) is 1. The van der Waals surface area contributed by atoms with Crippen molar-refractivity contribution in [2.75, 3.05) is 13.1 Å². The van der Waals surface area contributed by atoms with Crippen molar-refractivity contribution in [2.24, 2.45) is 0 Å². The number of phenolic OH excluding ortho intramolecular Hbond substituents is 1. The molecule has 0 bridgehead atoms. The molecule has 1 saturated heterocycles. The number of phenols is 1. The summed E-state index contributed by atoms with van der Waals surface area (Å²) in [5, 5.41) is 9.30. The fraction of sp³-hybridized carbons (Fsp3) is 0.500. The fourth-order valence-corrected chi connectivity index (χ4v) is 2.51. The summed E-state index contributed by atoms with van der Waals surface area (Å²) in [6, 6.07) is 5.51. The van der Waals surface area contributed by atoms with Crippen molar-refractivity contribution in [3.05, 3.63) is 28.2 Å². The van der Waals surface area contributed by atoms with Crippen molar-refractivity contribution in [2.45, 2.75) is 25.8 Å². The minimum absolute atomic E-state index is 0.323. The zero-order valence-electron chi connectivity index (χ0n) is 8.75. The summed E-state index contributed by atoms with van der Waals surface area (Å²) >= 11 is 3.49. The molecular formula is C12H16BrNO. The number of aromatic hydroxyl groups is 1. The zero-order valence-corrected chi connectivity index (χ0v) is 10.3. The van der Waals surface area contributed by atoms with Crippen LogP contribution in [0.1, 0.15) is 24.8 Å². The van der Waals surface area contributed by atoms with E-state index in [2.05, 4.69) is 20.8 Å². The fourth-order valence-electron chi connectivity index (χ4n) is 2.02. The van der Waals surface area contributed by atoms with Gasteiger partial charge in [0.2, 0.25) is 0 Å². The molecule has 0 unspecified atom stereocenters. The van der Waals surface area contributed by atoms with E-state index in [9.17, 15) is 5.11 Å². The van der Waals surface area contributed by atoms with Gasteiger partial charge in [-0.3, -0.25) is 4.90 Å². The van der Waals surface area contributed by atoms with E-state index in [0.29, 0.717) is 5.75 Å². The molecule has 15 heavy (non-hydrogen) atoms. The highest BCUT2D eigenvalue weighted by Gasteiger charge is 2.11. The Balaban J connectivity index is 2.03. The Bertz CT molecular complexity index is 334. The molecule has 0 amide bonds. The zero-order chi connectivity index (χ0) is 10.7. The van der Waals surface area contributed by atoms with Gasteiger partial charge < -0.3 is 5.11 Å². The predicted octanol–water partition coefficient (Wildman–Crippen LogP) is 3.14. The summed E-state index contributed by atoms with van der Waals surface area (Å²) in [6.07, 6.45) is 4.00. The van der Waals surface area contributed by atoms with Crippen molar-refractivity contribution in [3.8, 4) is 5.75 Å². The molecule has 1 N–H and O–H groups in total. The third kappa shape index (κ3) is 2.95. The van der Waals surface area contributed by atoms with E-state index in [1.165, 1.54) is 37.9 Å². The van der Waals surface area contributed by atoms with Crippen LogP contribution in [0.25, 0.3) is 0 Å². The largest absolute Gasteiger partial charge is 0.508 e. The number of nitrogens with zero attached hydrogens (tertiary/aromatic N) is 1. The summed E-state index contributed by atoms with van der Waals surface area (Å²) in [5.74, 6) is 0.323. The monoisotopic (exact) mass is 269 g/mol. The van der Waals surface area contributed by atoms with Gasteiger partial charge in [0.15, 0.2) is 0 Å². The van der Waals surface area contributed by atoms with Crippen LogP contribution in [0.15, 0.2) is 22.7 Å². The van der Waals surface area contributed by atoms with Gasteiger partial charge in [0.1, 0.15) is 5.75 Å². The molecule has 0 spiro atoms. The SMILES string of the molecule is Oc1ccc(CN2CCCCC2)c(Br)c1. The second-order valence-corrected chi connectivity index (χ2v) is 4.97. The molecule has 0 atom stereocenters. The Hall–Kier alpha value is -0.540. The molecule has 2 nitrogen and oxygen atoms in total. The third-order valence-electron chi connectivity index (χ3n) is 2.88. The molecule has 82 valence electrons. The van der Waals surface area contributed by atoms with Crippen LogP contribution < -0.4 is 0 Å². The van der Waals surface area contributed by atoms with E-state index in [4.69, 9.17) is 0 Å². The van der Waals surface area contributed by atoms with Crippen LogP contribution in [0.5, 0.6) is 5.75 Å². The van der Waals surface area contributed by atoms with Crippen molar-refractivity contribution in [1.29, 1.82) is 0 Å². The third-order valence-corrected chi connectivity index (χ3v) is 3.62. The predicted molar refractivity (Wildman–Crippen MR) is 64.9 cm³/mol. The standard InChI is InChI=1S/C12H16BrNO/c13-12-8-11(15)5-4-10(12)9-14-6-2-1-3-7-14/h4-5,8,15H,1-3,6-7,9H2. The van der Waals surface area contributed by atoms with E-state index in [1.807, 2.05) is 6.07 Å². The average Bonchev–Trinajstić information content (AvgIpc) is 2.24. The molecule has 2 rings (SSSR count). The summed E-state index contributed by atoms with van der Waals surface area (Å²) in [5.41, 5.74) is 1.26. The van der Waals surface area contributed by atoms with Gasteiger partial charge in [-0.2, -0.15) is 0 Å². The van der Waals surface area contributed by atoms with E-state index in [1.54, 1.807) is 12.1 Å². The van der Waals surface area contributed by atoms with Gasteiger partial charge in [0.05, 0.1) is 0 Å². The second kappa shape index (κ2) is 4.99. The lowest BCUT2D eigenvalue weighted by atomic mass is 10.1. The Morgan fingerprint density at radius 2 is 1.93 bits per heavy atom. The number of piperidine rings is 1. The normalized spacial score (nSPS) is 17.9. The minimum Gasteiger partial charge on any atom is -0.508 e. The Morgan fingerprint density at radius 1 is 1.20 bits per heavy atom. The topological polar surface area (TPSA) is 23.5 Å². The van der Waals surface area contributed by atoms with Gasteiger partial charge in [-0.05, 0) is 43.6 Å². The lowest BCUT2D eigenvalue weighted by molar-refractivity contribution is 0.220. The summed E-state index contributed by atoms with van der Waals surface area (Å²) in [6.45, 7) is 3.39. The molecule has 1 heterocycles. The molecule has 3 heteroatoms. The van der Waals surface area contributed by atoms with E-state index >= 15 is 0 Å². The van der Waals surface area contributed by atoms with Crippen molar-refractivity contribution < 1.29 is 5.11 Å². The molecule has 0 saturated carbocycles. The quantitative estimate of drug-likeness (QED) is 0.892. The van der Waals surface area contributed by atoms with Gasteiger partial charge in [-0.15, -0.1) is 0 Å². The van der Waals surface area contributed by atoms with E-state index < -0.39 is 0 Å². The molecule has 1 aromatic carbocycles. The van der Waals surface area contributed by atoms with Crippen LogP contribution in [0.2, 0.25) is 0 Å². The first-order chi connectivity index (χ1) is 7.25. The first-order valence-electron chi connectivity index (χ1n) is 5.45. The number of hydrogen-bond acceptors (Lipinski definition) is 2. The Kier molecular flexibility index (Phi) is 3.65. The number of halogens is 1. The first kappa shape index (κ1) is 11.0. The van der Waals surface area contributed by atoms with E-state index in [-0.39, 0.29) is 0 Å². The second-order valence-electron chi connectivity index (χ2n) is 4.11. The lowest BCUT2D eigenvalue weighted by Gasteiger charge is -2.26. The van der Waals surface area contributed by atoms with Crippen LogP contribution in [-0.4, -0.2) is 23.1 Å². The van der Waals surface area contributed by atoms with Crippen LogP contribution in [-0.2, 0) is 6.54 Å². The summed E-state index contributed by atoms with van der Waals surface area (Å²) < 4.78 is 1.01. The van der Waals surface area contributed by atoms with Gasteiger partial charge in [0, 0.05) is 11.0 Å². The summed E-state index contributed by atoms with van der Waals surface area (Å²) in [7, 11) is 0. The lowest BCUT2D eigenvalue weighted by Crippen LogP contribution is -2.29. The van der Waals surface area contributed by atoms with Gasteiger partial charge in [-0.25, -0.2) is 0 Å². The number of likely N-dealkylation sites (tertiary alicyclic amines) is 1.